The van der Waals surface area contributed by atoms with Gasteiger partial charge in [-0.1, -0.05) is 17.7 Å². The van der Waals surface area contributed by atoms with Crippen molar-refractivity contribution in [3.63, 3.8) is 0 Å². The van der Waals surface area contributed by atoms with Gasteiger partial charge in [0.2, 0.25) is 0 Å². The minimum atomic E-state index is -1.10. The highest BCUT2D eigenvalue weighted by Crippen LogP contribution is 2.32. The minimum Gasteiger partial charge on any atom is -0.448 e. The predicted molar refractivity (Wildman–Crippen MR) is 62.6 cm³/mol. The van der Waals surface area contributed by atoms with Crippen molar-refractivity contribution in [3.05, 3.63) is 58.4 Å². The Balaban J connectivity index is 2.45. The molecule has 0 radical (unpaired) electrons. The van der Waals surface area contributed by atoms with Crippen molar-refractivity contribution >= 4 is 11.6 Å². The van der Waals surface area contributed by atoms with Gasteiger partial charge in [-0.15, -0.1) is 0 Å². The van der Waals surface area contributed by atoms with Crippen molar-refractivity contribution in [3.8, 4) is 17.6 Å². The molecular formula is C13H5ClF3NO. The molecule has 0 unspecified atom stereocenters. The van der Waals surface area contributed by atoms with Gasteiger partial charge >= 0.3 is 0 Å². The summed E-state index contributed by atoms with van der Waals surface area (Å²) in [5.74, 6) is -4.32. The van der Waals surface area contributed by atoms with E-state index in [2.05, 4.69) is 0 Å². The van der Waals surface area contributed by atoms with E-state index in [1.165, 1.54) is 18.2 Å². The molecule has 6 heteroatoms. The third-order valence-electron chi connectivity index (χ3n) is 2.26. The molecule has 2 aromatic rings. The third-order valence-corrected chi connectivity index (χ3v) is 2.55. The minimum absolute atomic E-state index is 0.200. The van der Waals surface area contributed by atoms with Crippen LogP contribution in [0.25, 0.3) is 0 Å². The van der Waals surface area contributed by atoms with Gasteiger partial charge in [-0.2, -0.15) is 5.26 Å². The molecule has 0 heterocycles. The van der Waals surface area contributed by atoms with E-state index < -0.39 is 29.0 Å². The zero-order valence-corrected chi connectivity index (χ0v) is 10.0. The van der Waals surface area contributed by atoms with E-state index in [4.69, 9.17) is 21.6 Å². The summed E-state index contributed by atoms with van der Waals surface area (Å²) in [6, 6.07) is 7.00. The van der Waals surface area contributed by atoms with Crippen LogP contribution in [0.1, 0.15) is 5.56 Å². The predicted octanol–water partition coefficient (Wildman–Crippen LogP) is 4.42. The van der Waals surface area contributed by atoms with Gasteiger partial charge in [0.15, 0.2) is 29.0 Å². The summed E-state index contributed by atoms with van der Waals surface area (Å²) in [7, 11) is 0. The molecule has 0 N–H and O–H groups in total. The second kappa shape index (κ2) is 5.21. The highest BCUT2D eigenvalue weighted by molar-refractivity contribution is 6.30. The van der Waals surface area contributed by atoms with Crippen LogP contribution in [0.15, 0.2) is 30.3 Å². The summed E-state index contributed by atoms with van der Waals surface area (Å²) >= 11 is 5.52. The van der Waals surface area contributed by atoms with Crippen LogP contribution in [-0.4, -0.2) is 0 Å². The van der Waals surface area contributed by atoms with Crippen molar-refractivity contribution in [1.82, 2.24) is 0 Å². The summed E-state index contributed by atoms with van der Waals surface area (Å²) in [4.78, 5) is 0. The van der Waals surface area contributed by atoms with E-state index in [0.29, 0.717) is 0 Å². The Morgan fingerprint density at radius 3 is 2.32 bits per heavy atom. The van der Waals surface area contributed by atoms with Gasteiger partial charge in [0.1, 0.15) is 0 Å². The number of rotatable bonds is 2. The summed E-state index contributed by atoms with van der Waals surface area (Å²) in [6.07, 6.45) is 0. The van der Waals surface area contributed by atoms with Crippen LogP contribution < -0.4 is 4.74 Å². The fourth-order valence-electron chi connectivity index (χ4n) is 1.39. The average Bonchev–Trinajstić information content (AvgIpc) is 2.38. The van der Waals surface area contributed by atoms with E-state index in [-0.39, 0.29) is 10.6 Å². The van der Waals surface area contributed by atoms with Crippen molar-refractivity contribution in [2.75, 3.05) is 0 Å². The van der Waals surface area contributed by atoms with E-state index >= 15 is 0 Å². The summed E-state index contributed by atoms with van der Waals surface area (Å²) in [5, 5.41) is 8.32. The van der Waals surface area contributed by atoms with Gasteiger partial charge in [0, 0.05) is 0 Å². The fraction of sp³-hybridized carbons (Fsp3) is 0. The molecular weight excluding hydrogens is 279 g/mol. The molecule has 96 valence electrons. The van der Waals surface area contributed by atoms with Crippen molar-refractivity contribution in [1.29, 1.82) is 5.26 Å². The lowest BCUT2D eigenvalue weighted by atomic mass is 10.2. The fourth-order valence-corrected chi connectivity index (χ4v) is 1.56. The first kappa shape index (κ1) is 13.2. The van der Waals surface area contributed by atoms with Gasteiger partial charge in [0.05, 0.1) is 16.7 Å². The van der Waals surface area contributed by atoms with Crippen LogP contribution in [0.3, 0.4) is 0 Å². The highest BCUT2D eigenvalue weighted by Gasteiger charge is 2.16. The molecule has 0 atom stereocenters. The van der Waals surface area contributed by atoms with Gasteiger partial charge in [0.25, 0.3) is 0 Å². The van der Waals surface area contributed by atoms with Gasteiger partial charge in [-0.25, -0.2) is 13.2 Å². The molecule has 0 saturated heterocycles. The molecule has 0 bridgehead atoms. The quantitative estimate of drug-likeness (QED) is 0.817. The van der Waals surface area contributed by atoms with Gasteiger partial charge in [-0.3, -0.25) is 0 Å². The number of nitriles is 1. The SMILES string of the molecule is N#Cc1cc(F)c(Oc2cccc(Cl)c2F)c(F)c1. The monoisotopic (exact) mass is 283 g/mol. The van der Waals surface area contributed by atoms with Gasteiger partial charge in [-0.05, 0) is 24.3 Å². The molecule has 2 aromatic carbocycles. The molecule has 2 nitrogen and oxygen atoms in total. The Morgan fingerprint density at radius 1 is 1.11 bits per heavy atom. The topological polar surface area (TPSA) is 33.0 Å². The van der Waals surface area contributed by atoms with Crippen LogP contribution in [0.5, 0.6) is 11.5 Å². The maximum Gasteiger partial charge on any atom is 0.198 e. The van der Waals surface area contributed by atoms with Crippen molar-refractivity contribution in [2.24, 2.45) is 0 Å². The van der Waals surface area contributed by atoms with Crippen molar-refractivity contribution < 1.29 is 17.9 Å². The summed E-state index contributed by atoms with van der Waals surface area (Å²) < 4.78 is 45.5. The summed E-state index contributed by atoms with van der Waals surface area (Å²) in [6.45, 7) is 0. The van der Waals surface area contributed by atoms with Crippen LogP contribution in [0, 0.1) is 28.8 Å². The molecule has 19 heavy (non-hydrogen) atoms. The Morgan fingerprint density at radius 2 is 1.74 bits per heavy atom. The first-order valence-electron chi connectivity index (χ1n) is 5.04. The highest BCUT2D eigenvalue weighted by atomic mass is 35.5. The molecule has 0 saturated carbocycles. The lowest BCUT2D eigenvalue weighted by Gasteiger charge is -2.09. The average molecular weight is 284 g/mol. The molecule has 0 aromatic heterocycles. The number of nitrogens with zero attached hydrogens (tertiary/aromatic N) is 1. The van der Waals surface area contributed by atoms with Crippen LogP contribution in [0.2, 0.25) is 5.02 Å². The van der Waals surface area contributed by atoms with Gasteiger partial charge < -0.3 is 4.74 Å². The lowest BCUT2D eigenvalue weighted by molar-refractivity contribution is 0.387. The number of benzene rings is 2. The van der Waals surface area contributed by atoms with E-state index in [9.17, 15) is 13.2 Å². The molecule has 2 rings (SSSR count). The molecule has 0 aliphatic rings. The van der Waals surface area contributed by atoms with E-state index in [1.807, 2.05) is 0 Å². The Hall–Kier alpha value is -2.19. The second-order valence-corrected chi connectivity index (χ2v) is 3.94. The van der Waals surface area contributed by atoms with Crippen molar-refractivity contribution in [2.45, 2.75) is 0 Å². The number of ether oxygens (including phenoxy) is 1. The largest absolute Gasteiger partial charge is 0.448 e. The zero-order valence-electron chi connectivity index (χ0n) is 9.25. The van der Waals surface area contributed by atoms with Crippen LogP contribution in [0.4, 0.5) is 13.2 Å². The standard InChI is InChI=1S/C13H5ClF3NO/c14-8-2-1-3-11(12(8)17)19-13-9(15)4-7(6-18)5-10(13)16/h1-5H. The Kier molecular flexibility index (Phi) is 3.63. The molecule has 0 aliphatic carbocycles. The maximum atomic E-state index is 13.5. The molecule has 0 aliphatic heterocycles. The molecule has 0 fully saturated rings. The molecule has 0 spiro atoms. The van der Waals surface area contributed by atoms with Crippen LogP contribution in [-0.2, 0) is 0 Å². The number of halogens is 4. The van der Waals surface area contributed by atoms with E-state index in [0.717, 1.165) is 12.1 Å². The lowest BCUT2D eigenvalue weighted by Crippen LogP contribution is -1.96. The molecule has 0 amide bonds. The maximum absolute atomic E-state index is 13.5. The Bertz CT molecular complexity index is 659. The number of hydrogen-bond acceptors (Lipinski definition) is 2. The zero-order chi connectivity index (χ0) is 14.0. The third kappa shape index (κ3) is 2.64. The Labute approximate surface area is 111 Å². The van der Waals surface area contributed by atoms with Crippen LogP contribution >= 0.6 is 11.6 Å². The normalized spacial score (nSPS) is 10.1. The first-order valence-corrected chi connectivity index (χ1v) is 5.41. The first-order chi connectivity index (χ1) is 9.02. The van der Waals surface area contributed by atoms with E-state index in [1.54, 1.807) is 6.07 Å². The number of hydrogen-bond donors (Lipinski definition) is 0. The second-order valence-electron chi connectivity index (χ2n) is 3.53. The smallest absolute Gasteiger partial charge is 0.198 e. The summed E-state index contributed by atoms with van der Waals surface area (Å²) in [5.41, 5.74) is -0.200.